The van der Waals surface area contributed by atoms with E-state index in [1.807, 2.05) is 6.92 Å². The van der Waals surface area contributed by atoms with Crippen molar-refractivity contribution in [1.29, 1.82) is 0 Å². The largest absolute Gasteiger partial charge is 0.456 e. The number of carbonyl (C=O) groups excluding carboxylic acids is 4. The SMILES string of the molecule is Cc1ccc(C(=O)COC(=O)CN2C(=O)NC3(CCCCC3C)C2=O)cc1[N+](=O)[O-]. The van der Waals surface area contributed by atoms with Crippen LogP contribution in [0.5, 0.6) is 0 Å². The van der Waals surface area contributed by atoms with Gasteiger partial charge in [0.05, 0.1) is 4.92 Å². The zero-order valence-electron chi connectivity index (χ0n) is 16.8. The van der Waals surface area contributed by atoms with Gasteiger partial charge in [-0.3, -0.25) is 29.4 Å². The van der Waals surface area contributed by atoms with Crippen molar-refractivity contribution in [2.75, 3.05) is 13.2 Å². The van der Waals surface area contributed by atoms with E-state index >= 15 is 0 Å². The van der Waals surface area contributed by atoms with Crippen LogP contribution in [0.4, 0.5) is 10.5 Å². The molecular weight excluding hydrogens is 394 g/mol. The third kappa shape index (κ3) is 3.89. The Morgan fingerprint density at radius 3 is 2.73 bits per heavy atom. The highest BCUT2D eigenvalue weighted by Crippen LogP contribution is 2.38. The quantitative estimate of drug-likeness (QED) is 0.246. The minimum absolute atomic E-state index is 0.0325. The Kier molecular flexibility index (Phi) is 5.86. The van der Waals surface area contributed by atoms with Crippen molar-refractivity contribution in [1.82, 2.24) is 10.2 Å². The van der Waals surface area contributed by atoms with Crippen LogP contribution in [0.25, 0.3) is 0 Å². The topological polar surface area (TPSA) is 136 Å². The molecule has 2 aliphatic rings. The lowest BCUT2D eigenvalue weighted by Crippen LogP contribution is -2.54. The Labute approximate surface area is 172 Å². The van der Waals surface area contributed by atoms with Crippen LogP contribution in [0.1, 0.15) is 48.5 Å². The molecule has 1 aromatic rings. The first-order valence-electron chi connectivity index (χ1n) is 9.73. The van der Waals surface area contributed by atoms with Gasteiger partial charge in [-0.2, -0.15) is 0 Å². The monoisotopic (exact) mass is 417 g/mol. The Morgan fingerprint density at radius 2 is 2.07 bits per heavy atom. The van der Waals surface area contributed by atoms with Crippen molar-refractivity contribution < 1.29 is 28.8 Å². The zero-order chi connectivity index (χ0) is 22.1. The molecule has 1 aromatic carbocycles. The van der Waals surface area contributed by atoms with Gasteiger partial charge < -0.3 is 10.1 Å². The number of imide groups is 1. The van der Waals surface area contributed by atoms with Gasteiger partial charge in [0.15, 0.2) is 6.61 Å². The zero-order valence-corrected chi connectivity index (χ0v) is 16.8. The van der Waals surface area contributed by atoms with E-state index in [4.69, 9.17) is 4.74 Å². The van der Waals surface area contributed by atoms with Crippen LogP contribution in [-0.2, 0) is 14.3 Å². The standard InChI is InChI=1S/C20H23N3O7/c1-12-6-7-14(9-15(12)23(28)29)16(24)11-30-17(25)10-22-18(26)20(21-19(22)27)8-4-3-5-13(20)2/h6-7,9,13H,3-5,8,10-11H2,1-2H3,(H,21,27). The molecule has 1 aliphatic heterocycles. The van der Waals surface area contributed by atoms with Gasteiger partial charge in [0.25, 0.3) is 11.6 Å². The third-order valence-electron chi connectivity index (χ3n) is 5.88. The van der Waals surface area contributed by atoms with Gasteiger partial charge in [-0.1, -0.05) is 31.9 Å². The molecular formula is C20H23N3O7. The molecule has 0 aromatic heterocycles. The number of Topliss-reactive ketones (excluding diaryl/α,β-unsaturated/α-hetero) is 1. The predicted octanol–water partition coefficient (Wildman–Crippen LogP) is 2.13. The number of carbonyl (C=O) groups is 4. The molecule has 2 fully saturated rings. The molecule has 1 saturated heterocycles. The number of hydrogen-bond donors (Lipinski definition) is 1. The van der Waals surface area contributed by atoms with E-state index in [0.717, 1.165) is 30.2 Å². The summed E-state index contributed by atoms with van der Waals surface area (Å²) in [7, 11) is 0. The lowest BCUT2D eigenvalue weighted by Gasteiger charge is -2.36. The van der Waals surface area contributed by atoms with Crippen LogP contribution in [0.15, 0.2) is 18.2 Å². The minimum atomic E-state index is -0.980. The summed E-state index contributed by atoms with van der Waals surface area (Å²) >= 11 is 0. The summed E-state index contributed by atoms with van der Waals surface area (Å²) in [5, 5.41) is 13.7. The predicted molar refractivity (Wildman–Crippen MR) is 104 cm³/mol. The molecule has 1 heterocycles. The highest BCUT2D eigenvalue weighted by Gasteiger charge is 2.55. The van der Waals surface area contributed by atoms with Gasteiger partial charge in [-0.25, -0.2) is 4.79 Å². The van der Waals surface area contributed by atoms with Crippen molar-refractivity contribution in [3.8, 4) is 0 Å². The van der Waals surface area contributed by atoms with Crippen molar-refractivity contribution in [2.45, 2.75) is 45.1 Å². The molecule has 1 saturated carbocycles. The number of benzene rings is 1. The molecule has 10 nitrogen and oxygen atoms in total. The minimum Gasteiger partial charge on any atom is -0.456 e. The Bertz CT molecular complexity index is 929. The Hall–Kier alpha value is -3.30. The van der Waals surface area contributed by atoms with Crippen LogP contribution in [0.3, 0.4) is 0 Å². The average molecular weight is 417 g/mol. The second kappa shape index (κ2) is 8.21. The number of ether oxygens (including phenoxy) is 1. The third-order valence-corrected chi connectivity index (χ3v) is 5.88. The first-order chi connectivity index (χ1) is 14.2. The molecule has 0 bridgehead atoms. The van der Waals surface area contributed by atoms with Gasteiger partial charge in [-0.05, 0) is 25.7 Å². The molecule has 2 atom stereocenters. The number of nitrogens with one attached hydrogen (secondary N) is 1. The highest BCUT2D eigenvalue weighted by atomic mass is 16.6. The van der Waals surface area contributed by atoms with E-state index in [9.17, 15) is 29.3 Å². The fraction of sp³-hybridized carbons (Fsp3) is 0.500. The number of hydrogen-bond acceptors (Lipinski definition) is 7. The number of nitrogens with zero attached hydrogens (tertiary/aromatic N) is 2. The van der Waals surface area contributed by atoms with E-state index in [1.54, 1.807) is 6.92 Å². The van der Waals surface area contributed by atoms with E-state index in [0.29, 0.717) is 12.0 Å². The molecule has 2 unspecified atom stereocenters. The van der Waals surface area contributed by atoms with Crippen LogP contribution in [0.2, 0.25) is 0 Å². The van der Waals surface area contributed by atoms with Crippen LogP contribution >= 0.6 is 0 Å². The van der Waals surface area contributed by atoms with Crippen LogP contribution < -0.4 is 5.32 Å². The first-order valence-corrected chi connectivity index (χ1v) is 9.73. The number of ketones is 1. The fourth-order valence-corrected chi connectivity index (χ4v) is 4.02. The second-order valence-corrected chi connectivity index (χ2v) is 7.78. The number of rotatable bonds is 6. The molecule has 3 rings (SSSR count). The summed E-state index contributed by atoms with van der Waals surface area (Å²) in [5.41, 5.74) is -0.756. The average Bonchev–Trinajstić information content (AvgIpc) is 2.93. The number of nitro groups is 1. The van der Waals surface area contributed by atoms with E-state index < -0.39 is 47.3 Å². The van der Waals surface area contributed by atoms with Gasteiger partial charge in [0.2, 0.25) is 5.78 Å². The lowest BCUT2D eigenvalue weighted by molar-refractivity contribution is -0.385. The maximum Gasteiger partial charge on any atom is 0.326 e. The summed E-state index contributed by atoms with van der Waals surface area (Å²) in [6.07, 6.45) is 3.12. The van der Waals surface area contributed by atoms with Gasteiger partial charge in [0, 0.05) is 17.2 Å². The number of nitro benzene ring substituents is 1. The molecule has 3 amide bonds. The Morgan fingerprint density at radius 1 is 1.33 bits per heavy atom. The summed E-state index contributed by atoms with van der Waals surface area (Å²) in [4.78, 5) is 60.7. The summed E-state index contributed by atoms with van der Waals surface area (Å²) in [6.45, 7) is 2.20. The van der Waals surface area contributed by atoms with E-state index in [2.05, 4.69) is 5.32 Å². The molecule has 1 spiro atoms. The summed E-state index contributed by atoms with van der Waals surface area (Å²) in [6, 6.07) is 3.32. The van der Waals surface area contributed by atoms with Gasteiger partial charge >= 0.3 is 12.0 Å². The first kappa shape index (κ1) is 21.4. The summed E-state index contributed by atoms with van der Waals surface area (Å²) < 4.78 is 4.92. The van der Waals surface area contributed by atoms with Crippen LogP contribution in [0, 0.1) is 23.0 Å². The smallest absolute Gasteiger partial charge is 0.326 e. The van der Waals surface area contributed by atoms with E-state index in [-0.39, 0.29) is 17.2 Å². The maximum atomic E-state index is 12.8. The molecule has 1 N–H and O–H groups in total. The number of esters is 1. The molecule has 0 radical (unpaired) electrons. The molecule has 160 valence electrons. The maximum absolute atomic E-state index is 12.8. The Balaban J connectivity index is 1.60. The normalized spacial score (nSPS) is 23.4. The van der Waals surface area contributed by atoms with Gasteiger partial charge in [0.1, 0.15) is 12.1 Å². The number of aryl methyl sites for hydroxylation is 1. The molecule has 30 heavy (non-hydrogen) atoms. The molecule has 1 aliphatic carbocycles. The fourth-order valence-electron chi connectivity index (χ4n) is 4.02. The van der Waals surface area contributed by atoms with Crippen LogP contribution in [-0.4, -0.2) is 52.2 Å². The highest BCUT2D eigenvalue weighted by molar-refractivity contribution is 6.09. The van der Waals surface area contributed by atoms with Crippen molar-refractivity contribution in [2.24, 2.45) is 5.92 Å². The molecule has 10 heteroatoms. The lowest BCUT2D eigenvalue weighted by atomic mass is 9.73. The van der Waals surface area contributed by atoms with Crippen molar-refractivity contribution in [3.05, 3.63) is 39.4 Å². The summed E-state index contributed by atoms with van der Waals surface area (Å²) in [5.74, 6) is -2.02. The van der Waals surface area contributed by atoms with Crippen molar-refractivity contribution >= 4 is 29.4 Å². The van der Waals surface area contributed by atoms with Crippen molar-refractivity contribution in [3.63, 3.8) is 0 Å². The van der Waals surface area contributed by atoms with E-state index in [1.165, 1.54) is 12.1 Å². The second-order valence-electron chi connectivity index (χ2n) is 7.78. The van der Waals surface area contributed by atoms with Gasteiger partial charge in [-0.15, -0.1) is 0 Å². The number of urea groups is 1. The number of amides is 3.